The number of piperazine rings is 1. The second kappa shape index (κ2) is 6.26. The fourth-order valence-electron chi connectivity index (χ4n) is 2.32. The van der Waals surface area contributed by atoms with Crippen molar-refractivity contribution < 1.29 is 0 Å². The van der Waals surface area contributed by atoms with Crippen LogP contribution in [0.3, 0.4) is 0 Å². The van der Waals surface area contributed by atoms with Gasteiger partial charge in [-0.1, -0.05) is 6.08 Å². The van der Waals surface area contributed by atoms with Crippen LogP contribution in [0, 0.1) is 0 Å². The number of nitrogens with zero attached hydrogens (tertiary/aromatic N) is 2. The average molecular weight is 211 g/mol. The second-order valence-electron chi connectivity index (χ2n) is 4.65. The molecule has 2 unspecified atom stereocenters. The molecule has 1 saturated heterocycles. The van der Waals surface area contributed by atoms with Crippen LogP contribution in [0.2, 0.25) is 0 Å². The third kappa shape index (κ3) is 3.93. The Hall–Kier alpha value is -0.380. The summed E-state index contributed by atoms with van der Waals surface area (Å²) in [5.74, 6) is 0. The van der Waals surface area contributed by atoms with E-state index in [0.29, 0.717) is 12.1 Å². The van der Waals surface area contributed by atoms with Crippen molar-refractivity contribution in [3.05, 3.63) is 12.7 Å². The number of hydrogen-bond acceptors (Lipinski definition) is 3. The molecule has 1 rings (SSSR count). The predicted molar refractivity (Wildman–Crippen MR) is 66.2 cm³/mol. The van der Waals surface area contributed by atoms with E-state index in [1.165, 1.54) is 19.6 Å². The minimum absolute atomic E-state index is 0.619. The maximum Gasteiger partial charge on any atom is 0.0198 e. The molecule has 0 aromatic rings. The van der Waals surface area contributed by atoms with Crippen LogP contribution >= 0.6 is 0 Å². The third-order valence-electron chi connectivity index (χ3n) is 3.18. The lowest BCUT2D eigenvalue weighted by atomic mass is 10.1. The zero-order chi connectivity index (χ0) is 11.3. The van der Waals surface area contributed by atoms with Crippen molar-refractivity contribution in [3.8, 4) is 0 Å². The molecule has 0 bridgehead atoms. The molecule has 3 nitrogen and oxygen atoms in total. The highest BCUT2D eigenvalue weighted by atomic mass is 15.3. The molecule has 3 heteroatoms. The zero-order valence-corrected chi connectivity index (χ0v) is 10.4. The Labute approximate surface area is 94.1 Å². The van der Waals surface area contributed by atoms with Gasteiger partial charge in [0.25, 0.3) is 0 Å². The standard InChI is InChI=1S/C12H25N3/c1-5-6-13-9-11(2)15-8-7-14(4)10-12(15)3/h5,11-13H,1,6-10H2,2-4H3. The van der Waals surface area contributed by atoms with Gasteiger partial charge in [-0.05, 0) is 20.9 Å². The summed E-state index contributed by atoms with van der Waals surface area (Å²) < 4.78 is 0. The summed E-state index contributed by atoms with van der Waals surface area (Å²) >= 11 is 0. The van der Waals surface area contributed by atoms with Gasteiger partial charge in [0.05, 0.1) is 0 Å². The SMILES string of the molecule is C=CCNCC(C)N1CCN(C)CC1C. The minimum atomic E-state index is 0.619. The molecule has 1 fully saturated rings. The minimum Gasteiger partial charge on any atom is -0.312 e. The molecular formula is C12H25N3. The molecule has 88 valence electrons. The smallest absolute Gasteiger partial charge is 0.0198 e. The van der Waals surface area contributed by atoms with Crippen molar-refractivity contribution in [2.45, 2.75) is 25.9 Å². The predicted octanol–water partition coefficient (Wildman–Crippen LogP) is 0.786. The van der Waals surface area contributed by atoms with Crippen molar-refractivity contribution in [1.29, 1.82) is 0 Å². The fourth-order valence-corrected chi connectivity index (χ4v) is 2.32. The average Bonchev–Trinajstić information content (AvgIpc) is 2.17. The van der Waals surface area contributed by atoms with Crippen molar-refractivity contribution >= 4 is 0 Å². The van der Waals surface area contributed by atoms with Gasteiger partial charge in [0.2, 0.25) is 0 Å². The van der Waals surface area contributed by atoms with Crippen LogP contribution in [0.5, 0.6) is 0 Å². The van der Waals surface area contributed by atoms with Gasteiger partial charge in [0.1, 0.15) is 0 Å². The van der Waals surface area contributed by atoms with Gasteiger partial charge in [-0.3, -0.25) is 4.90 Å². The summed E-state index contributed by atoms with van der Waals surface area (Å²) in [6, 6.07) is 1.29. The van der Waals surface area contributed by atoms with E-state index >= 15 is 0 Å². The maximum absolute atomic E-state index is 3.71. The summed E-state index contributed by atoms with van der Waals surface area (Å²) in [5, 5.41) is 3.39. The first kappa shape index (κ1) is 12.7. The summed E-state index contributed by atoms with van der Waals surface area (Å²) in [7, 11) is 2.20. The molecule has 1 aliphatic heterocycles. The van der Waals surface area contributed by atoms with Gasteiger partial charge in [-0.2, -0.15) is 0 Å². The van der Waals surface area contributed by atoms with Crippen LogP contribution in [-0.4, -0.2) is 61.7 Å². The Morgan fingerprint density at radius 3 is 2.87 bits per heavy atom. The molecule has 15 heavy (non-hydrogen) atoms. The Kier molecular flexibility index (Phi) is 5.29. The van der Waals surface area contributed by atoms with E-state index < -0.39 is 0 Å². The monoisotopic (exact) mass is 211 g/mol. The first-order valence-electron chi connectivity index (χ1n) is 5.91. The van der Waals surface area contributed by atoms with E-state index in [4.69, 9.17) is 0 Å². The van der Waals surface area contributed by atoms with Crippen LogP contribution in [0.25, 0.3) is 0 Å². The summed E-state index contributed by atoms with van der Waals surface area (Å²) in [5.41, 5.74) is 0. The molecule has 0 radical (unpaired) electrons. The van der Waals surface area contributed by atoms with E-state index in [0.717, 1.165) is 13.1 Å². The van der Waals surface area contributed by atoms with Crippen molar-refractivity contribution in [2.75, 3.05) is 39.8 Å². The van der Waals surface area contributed by atoms with E-state index in [-0.39, 0.29) is 0 Å². The third-order valence-corrected chi connectivity index (χ3v) is 3.18. The highest BCUT2D eigenvalue weighted by Gasteiger charge is 2.24. The maximum atomic E-state index is 3.71. The molecule has 0 aromatic carbocycles. The Morgan fingerprint density at radius 1 is 1.53 bits per heavy atom. The highest BCUT2D eigenvalue weighted by Crippen LogP contribution is 2.11. The fraction of sp³-hybridized carbons (Fsp3) is 0.833. The Balaban J connectivity index is 2.31. The topological polar surface area (TPSA) is 18.5 Å². The lowest BCUT2D eigenvalue weighted by Gasteiger charge is -2.41. The van der Waals surface area contributed by atoms with E-state index in [9.17, 15) is 0 Å². The molecule has 0 spiro atoms. The lowest BCUT2D eigenvalue weighted by molar-refractivity contribution is 0.0678. The summed E-state index contributed by atoms with van der Waals surface area (Å²) in [6.45, 7) is 13.9. The van der Waals surface area contributed by atoms with E-state index in [2.05, 4.69) is 42.6 Å². The lowest BCUT2D eigenvalue weighted by Crippen LogP contribution is -2.55. The van der Waals surface area contributed by atoms with Crippen molar-refractivity contribution in [2.24, 2.45) is 0 Å². The number of nitrogens with one attached hydrogen (secondary N) is 1. The van der Waals surface area contributed by atoms with Crippen LogP contribution in [0.4, 0.5) is 0 Å². The summed E-state index contributed by atoms with van der Waals surface area (Å²) in [6.07, 6.45) is 1.92. The molecule has 1 aliphatic rings. The molecule has 1 N–H and O–H groups in total. The van der Waals surface area contributed by atoms with Crippen LogP contribution in [0.1, 0.15) is 13.8 Å². The molecule has 0 amide bonds. The van der Waals surface area contributed by atoms with Crippen LogP contribution in [-0.2, 0) is 0 Å². The van der Waals surface area contributed by atoms with Gasteiger partial charge in [-0.25, -0.2) is 0 Å². The second-order valence-corrected chi connectivity index (χ2v) is 4.65. The molecule has 0 aliphatic carbocycles. The molecule has 2 atom stereocenters. The number of hydrogen-bond donors (Lipinski definition) is 1. The number of likely N-dealkylation sites (N-methyl/N-ethyl adjacent to an activating group) is 1. The Bertz CT molecular complexity index is 193. The van der Waals surface area contributed by atoms with Gasteiger partial charge < -0.3 is 10.2 Å². The molecule has 0 saturated carbocycles. The number of rotatable bonds is 5. The first-order valence-corrected chi connectivity index (χ1v) is 5.91. The molecular weight excluding hydrogens is 186 g/mol. The van der Waals surface area contributed by atoms with Gasteiger partial charge in [0.15, 0.2) is 0 Å². The van der Waals surface area contributed by atoms with Crippen molar-refractivity contribution in [3.63, 3.8) is 0 Å². The molecule has 1 heterocycles. The quantitative estimate of drug-likeness (QED) is 0.536. The van der Waals surface area contributed by atoms with E-state index in [1.807, 2.05) is 6.08 Å². The van der Waals surface area contributed by atoms with Gasteiger partial charge in [-0.15, -0.1) is 6.58 Å². The van der Waals surface area contributed by atoms with Crippen LogP contribution in [0.15, 0.2) is 12.7 Å². The Morgan fingerprint density at radius 2 is 2.27 bits per heavy atom. The normalized spacial score (nSPS) is 26.5. The largest absolute Gasteiger partial charge is 0.312 e. The zero-order valence-electron chi connectivity index (χ0n) is 10.4. The van der Waals surface area contributed by atoms with Gasteiger partial charge >= 0.3 is 0 Å². The van der Waals surface area contributed by atoms with E-state index in [1.54, 1.807) is 0 Å². The first-order chi connectivity index (χ1) is 7.15. The van der Waals surface area contributed by atoms with Crippen molar-refractivity contribution in [1.82, 2.24) is 15.1 Å². The van der Waals surface area contributed by atoms with Crippen LogP contribution < -0.4 is 5.32 Å². The molecule has 0 aromatic heterocycles. The summed E-state index contributed by atoms with van der Waals surface area (Å²) in [4.78, 5) is 5.00. The van der Waals surface area contributed by atoms with Gasteiger partial charge in [0, 0.05) is 44.8 Å². The highest BCUT2D eigenvalue weighted by molar-refractivity contribution is 4.83.